The van der Waals surface area contributed by atoms with Crippen LogP contribution in [0.25, 0.3) is 0 Å². The van der Waals surface area contributed by atoms with Gasteiger partial charge >= 0.3 is 0 Å². The van der Waals surface area contributed by atoms with Crippen LogP contribution in [0.15, 0.2) is 24.4 Å². The van der Waals surface area contributed by atoms with E-state index in [4.69, 9.17) is 11.5 Å². The van der Waals surface area contributed by atoms with Crippen LogP contribution in [0.5, 0.6) is 0 Å². The molecule has 0 bridgehead atoms. The summed E-state index contributed by atoms with van der Waals surface area (Å²) < 4.78 is 0. The first-order chi connectivity index (χ1) is 10.9. The smallest absolute Gasteiger partial charge is 0.269 e. The van der Waals surface area contributed by atoms with Crippen LogP contribution in [0.3, 0.4) is 0 Å². The Labute approximate surface area is 135 Å². The normalized spacial score (nSPS) is 11.8. The highest BCUT2D eigenvalue weighted by atomic mass is 16.1. The van der Waals surface area contributed by atoms with E-state index in [1.807, 2.05) is 32.9 Å². The number of hydrogen-bond acceptors (Lipinski definition) is 6. The van der Waals surface area contributed by atoms with Gasteiger partial charge in [0.1, 0.15) is 5.82 Å². The van der Waals surface area contributed by atoms with E-state index < -0.39 is 5.91 Å². The second-order valence-corrected chi connectivity index (χ2v) is 5.56. The molecule has 2 heterocycles. The molecule has 1 amide bonds. The molecule has 0 aromatic carbocycles. The topological polar surface area (TPSA) is 119 Å². The SMILES string of the molecule is Cc1cc(C)nc(Nc2cc(NC(C)CN)cnc2C(N)=O)c1. The first-order valence-corrected chi connectivity index (χ1v) is 7.38. The third-order valence-electron chi connectivity index (χ3n) is 3.25. The average Bonchev–Trinajstić information content (AvgIpc) is 2.45. The molecule has 7 heteroatoms. The quantitative estimate of drug-likeness (QED) is 0.644. The zero-order valence-corrected chi connectivity index (χ0v) is 13.6. The Morgan fingerprint density at radius 2 is 2.04 bits per heavy atom. The molecule has 0 fully saturated rings. The fourth-order valence-corrected chi connectivity index (χ4v) is 2.22. The van der Waals surface area contributed by atoms with Gasteiger partial charge in [-0.1, -0.05) is 0 Å². The molecular weight excluding hydrogens is 292 g/mol. The van der Waals surface area contributed by atoms with Crippen molar-refractivity contribution in [2.75, 3.05) is 17.2 Å². The molecule has 2 aromatic heterocycles. The van der Waals surface area contributed by atoms with Crippen molar-refractivity contribution < 1.29 is 4.79 Å². The third-order valence-corrected chi connectivity index (χ3v) is 3.25. The largest absolute Gasteiger partial charge is 0.380 e. The number of rotatable bonds is 6. The van der Waals surface area contributed by atoms with Crippen LogP contribution in [0.2, 0.25) is 0 Å². The summed E-state index contributed by atoms with van der Waals surface area (Å²) in [6.45, 7) is 6.33. The zero-order valence-electron chi connectivity index (χ0n) is 13.6. The van der Waals surface area contributed by atoms with Gasteiger partial charge in [-0.3, -0.25) is 4.79 Å². The van der Waals surface area contributed by atoms with Crippen LogP contribution in [0.1, 0.15) is 28.7 Å². The molecule has 122 valence electrons. The fourth-order valence-electron chi connectivity index (χ4n) is 2.22. The first kappa shape index (κ1) is 16.7. The number of carbonyl (C=O) groups is 1. The second-order valence-electron chi connectivity index (χ2n) is 5.56. The van der Waals surface area contributed by atoms with Gasteiger partial charge in [-0.05, 0) is 44.5 Å². The second kappa shape index (κ2) is 7.06. The van der Waals surface area contributed by atoms with E-state index in [2.05, 4.69) is 20.6 Å². The van der Waals surface area contributed by atoms with Gasteiger partial charge in [-0.2, -0.15) is 0 Å². The molecule has 0 radical (unpaired) electrons. The van der Waals surface area contributed by atoms with Gasteiger partial charge < -0.3 is 22.1 Å². The van der Waals surface area contributed by atoms with Gasteiger partial charge in [0.25, 0.3) is 5.91 Å². The van der Waals surface area contributed by atoms with Crippen LogP contribution < -0.4 is 22.1 Å². The molecule has 0 aliphatic carbocycles. The number of carbonyl (C=O) groups excluding carboxylic acids is 1. The van der Waals surface area contributed by atoms with E-state index in [1.54, 1.807) is 12.3 Å². The molecule has 2 aromatic rings. The maximum Gasteiger partial charge on any atom is 0.269 e. The van der Waals surface area contributed by atoms with Gasteiger partial charge in [0.15, 0.2) is 5.69 Å². The summed E-state index contributed by atoms with van der Waals surface area (Å²) in [4.78, 5) is 20.1. The van der Waals surface area contributed by atoms with Gasteiger partial charge in [-0.25, -0.2) is 9.97 Å². The predicted molar refractivity (Wildman–Crippen MR) is 91.9 cm³/mol. The minimum atomic E-state index is -0.602. The van der Waals surface area contributed by atoms with Crippen LogP contribution in [-0.2, 0) is 0 Å². The van der Waals surface area contributed by atoms with Crippen molar-refractivity contribution in [3.63, 3.8) is 0 Å². The summed E-state index contributed by atoms with van der Waals surface area (Å²) in [5.74, 6) is 0.0334. The predicted octanol–water partition coefficient (Wildman–Crippen LogP) is 1.70. The van der Waals surface area contributed by atoms with E-state index in [9.17, 15) is 4.79 Å². The molecule has 6 N–H and O–H groups in total. The van der Waals surface area contributed by atoms with Crippen molar-refractivity contribution in [2.45, 2.75) is 26.8 Å². The summed E-state index contributed by atoms with van der Waals surface area (Å²) in [5.41, 5.74) is 14.4. The number of pyridine rings is 2. The van der Waals surface area contributed by atoms with Crippen molar-refractivity contribution in [3.8, 4) is 0 Å². The van der Waals surface area contributed by atoms with Crippen molar-refractivity contribution >= 4 is 23.1 Å². The van der Waals surface area contributed by atoms with Crippen LogP contribution in [0.4, 0.5) is 17.2 Å². The molecule has 0 saturated carbocycles. The third kappa shape index (κ3) is 4.40. The molecule has 7 nitrogen and oxygen atoms in total. The number of primary amides is 1. The number of nitrogens with one attached hydrogen (secondary N) is 2. The van der Waals surface area contributed by atoms with Gasteiger partial charge in [-0.15, -0.1) is 0 Å². The fraction of sp³-hybridized carbons (Fsp3) is 0.312. The number of aryl methyl sites for hydroxylation is 2. The van der Waals surface area contributed by atoms with E-state index in [1.165, 1.54) is 0 Å². The Balaban J connectivity index is 2.37. The maximum absolute atomic E-state index is 11.6. The number of aromatic nitrogens is 2. The summed E-state index contributed by atoms with van der Waals surface area (Å²) >= 11 is 0. The van der Waals surface area contributed by atoms with Gasteiger partial charge in [0.2, 0.25) is 0 Å². The Bertz CT molecular complexity index is 695. The van der Waals surface area contributed by atoms with Crippen molar-refractivity contribution in [2.24, 2.45) is 11.5 Å². The number of amides is 1. The number of nitrogens with two attached hydrogens (primary N) is 2. The molecule has 1 unspecified atom stereocenters. The Morgan fingerprint density at radius 3 is 2.65 bits per heavy atom. The zero-order chi connectivity index (χ0) is 17.0. The molecule has 2 rings (SSSR count). The summed E-state index contributed by atoms with van der Waals surface area (Å²) in [7, 11) is 0. The van der Waals surface area contributed by atoms with Crippen molar-refractivity contribution in [1.29, 1.82) is 0 Å². The first-order valence-electron chi connectivity index (χ1n) is 7.38. The lowest BCUT2D eigenvalue weighted by atomic mass is 10.2. The molecule has 0 spiro atoms. The molecule has 0 saturated heterocycles. The van der Waals surface area contributed by atoms with Crippen LogP contribution in [-0.4, -0.2) is 28.5 Å². The lowest BCUT2D eigenvalue weighted by Gasteiger charge is -2.15. The van der Waals surface area contributed by atoms with Gasteiger partial charge in [0, 0.05) is 18.3 Å². The highest BCUT2D eigenvalue weighted by Crippen LogP contribution is 2.23. The summed E-state index contributed by atoms with van der Waals surface area (Å²) in [6, 6.07) is 5.72. The van der Waals surface area contributed by atoms with Crippen LogP contribution in [0, 0.1) is 13.8 Å². The van der Waals surface area contributed by atoms with Crippen LogP contribution >= 0.6 is 0 Å². The molecule has 23 heavy (non-hydrogen) atoms. The standard InChI is InChI=1S/C16H22N6O/c1-9-4-10(2)21-14(5-9)22-13-6-12(20-11(3)7-17)8-19-15(13)16(18)23/h4-6,8,11,20H,7,17H2,1-3H3,(H2,18,23)(H,21,22). The maximum atomic E-state index is 11.6. The van der Waals surface area contributed by atoms with E-state index in [-0.39, 0.29) is 11.7 Å². The molecule has 0 aliphatic rings. The average molecular weight is 314 g/mol. The highest BCUT2D eigenvalue weighted by molar-refractivity contribution is 5.97. The Morgan fingerprint density at radius 1 is 1.30 bits per heavy atom. The van der Waals surface area contributed by atoms with Crippen molar-refractivity contribution in [3.05, 3.63) is 41.3 Å². The monoisotopic (exact) mass is 314 g/mol. The number of nitrogens with zero attached hydrogens (tertiary/aromatic N) is 2. The lowest BCUT2D eigenvalue weighted by molar-refractivity contribution is 0.0996. The lowest BCUT2D eigenvalue weighted by Crippen LogP contribution is -2.25. The molecular formula is C16H22N6O. The number of hydrogen-bond donors (Lipinski definition) is 4. The molecule has 1 atom stereocenters. The highest BCUT2D eigenvalue weighted by Gasteiger charge is 2.13. The summed E-state index contributed by atoms with van der Waals surface area (Å²) in [5, 5.41) is 6.33. The van der Waals surface area contributed by atoms with E-state index >= 15 is 0 Å². The van der Waals surface area contributed by atoms with Crippen molar-refractivity contribution in [1.82, 2.24) is 9.97 Å². The minimum absolute atomic E-state index is 0.0865. The number of anilines is 3. The minimum Gasteiger partial charge on any atom is -0.380 e. The van der Waals surface area contributed by atoms with E-state index in [0.29, 0.717) is 18.1 Å². The van der Waals surface area contributed by atoms with Gasteiger partial charge in [0.05, 0.1) is 17.6 Å². The Hall–Kier alpha value is -2.67. The Kier molecular flexibility index (Phi) is 5.13. The molecule has 0 aliphatic heterocycles. The summed E-state index contributed by atoms with van der Waals surface area (Å²) in [6.07, 6.45) is 1.56. The van der Waals surface area contributed by atoms with E-state index in [0.717, 1.165) is 16.9 Å².